The quantitative estimate of drug-likeness (QED) is 0.502. The van der Waals surface area contributed by atoms with Crippen molar-refractivity contribution >= 4 is 17.3 Å². The van der Waals surface area contributed by atoms with E-state index in [9.17, 15) is 14.9 Å². The Morgan fingerprint density at radius 2 is 2.05 bits per heavy atom. The van der Waals surface area contributed by atoms with Crippen LogP contribution in [0.4, 0.5) is 11.4 Å². The van der Waals surface area contributed by atoms with Crippen LogP contribution in [0.25, 0.3) is 0 Å². The second kappa shape index (κ2) is 5.90. The van der Waals surface area contributed by atoms with Gasteiger partial charge < -0.3 is 11.1 Å². The first-order valence-corrected chi connectivity index (χ1v) is 6.45. The summed E-state index contributed by atoms with van der Waals surface area (Å²) in [6.45, 7) is 8.70. The van der Waals surface area contributed by atoms with Crippen molar-refractivity contribution in [3.63, 3.8) is 0 Å². The van der Waals surface area contributed by atoms with Gasteiger partial charge in [0.05, 0.1) is 4.92 Å². The van der Waals surface area contributed by atoms with E-state index in [0.717, 1.165) is 0 Å². The number of nitrogens with zero attached hydrogens (tertiary/aromatic N) is 1. The van der Waals surface area contributed by atoms with Crippen LogP contribution in [0.1, 0.15) is 38.1 Å². The van der Waals surface area contributed by atoms with Crippen LogP contribution in [0.2, 0.25) is 0 Å². The summed E-state index contributed by atoms with van der Waals surface area (Å²) in [5, 5.41) is 13.7. The second-order valence-electron chi connectivity index (χ2n) is 5.98. The number of carbonyl (C=O) groups is 1. The fourth-order valence-electron chi connectivity index (χ4n) is 1.60. The average Bonchev–Trinajstić information content (AvgIpc) is 2.33. The van der Waals surface area contributed by atoms with Crippen molar-refractivity contribution in [3.05, 3.63) is 33.9 Å². The number of benzene rings is 1. The Balaban J connectivity index is 2.89. The van der Waals surface area contributed by atoms with E-state index in [1.54, 1.807) is 0 Å². The number of nitro benzene ring substituents is 1. The molecule has 20 heavy (non-hydrogen) atoms. The van der Waals surface area contributed by atoms with Crippen LogP contribution in [0, 0.1) is 21.4 Å². The minimum absolute atomic E-state index is 0.00360. The van der Waals surface area contributed by atoms with E-state index in [4.69, 9.17) is 5.73 Å². The molecule has 1 atom stereocenters. The van der Waals surface area contributed by atoms with Gasteiger partial charge in [-0.2, -0.15) is 0 Å². The van der Waals surface area contributed by atoms with E-state index in [0.29, 0.717) is 6.54 Å². The van der Waals surface area contributed by atoms with Gasteiger partial charge in [-0.25, -0.2) is 0 Å². The molecule has 0 aromatic heterocycles. The minimum atomic E-state index is -0.628. The number of carbonyl (C=O) groups excluding carboxylic acids is 1. The summed E-state index contributed by atoms with van der Waals surface area (Å²) < 4.78 is 0. The molecule has 0 bridgehead atoms. The highest BCUT2D eigenvalue weighted by Crippen LogP contribution is 2.27. The van der Waals surface area contributed by atoms with Gasteiger partial charge in [0.1, 0.15) is 11.3 Å². The molecule has 6 nitrogen and oxygen atoms in total. The number of nitrogens with one attached hydrogen (secondary N) is 1. The largest absolute Gasteiger partial charge is 0.393 e. The van der Waals surface area contributed by atoms with Gasteiger partial charge in [-0.05, 0) is 23.5 Å². The maximum Gasteiger partial charge on any atom is 0.304 e. The molecule has 0 saturated heterocycles. The summed E-state index contributed by atoms with van der Waals surface area (Å²) in [7, 11) is 0. The van der Waals surface area contributed by atoms with E-state index < -0.39 is 10.8 Å². The fourth-order valence-corrected chi connectivity index (χ4v) is 1.60. The number of nitro groups is 1. The van der Waals surface area contributed by atoms with Gasteiger partial charge in [0.25, 0.3) is 5.91 Å². The zero-order valence-electron chi connectivity index (χ0n) is 12.3. The van der Waals surface area contributed by atoms with Crippen molar-refractivity contribution in [2.24, 2.45) is 11.3 Å². The van der Waals surface area contributed by atoms with Crippen LogP contribution < -0.4 is 11.1 Å². The molecule has 0 aliphatic rings. The highest BCUT2D eigenvalue weighted by atomic mass is 16.6. The minimum Gasteiger partial charge on any atom is -0.393 e. The van der Waals surface area contributed by atoms with Crippen molar-refractivity contribution in [2.75, 3.05) is 12.3 Å². The first-order chi connectivity index (χ1) is 9.14. The van der Waals surface area contributed by atoms with Crippen LogP contribution in [0.15, 0.2) is 18.2 Å². The number of rotatable bonds is 4. The Morgan fingerprint density at radius 1 is 1.45 bits per heavy atom. The fraction of sp³-hybridized carbons (Fsp3) is 0.500. The molecule has 6 heteroatoms. The molecule has 0 spiro atoms. The van der Waals surface area contributed by atoms with Gasteiger partial charge in [0.15, 0.2) is 0 Å². The lowest BCUT2D eigenvalue weighted by molar-refractivity contribution is -0.384. The summed E-state index contributed by atoms with van der Waals surface area (Å²) in [5.41, 5.74) is 5.26. The molecule has 110 valence electrons. The smallest absolute Gasteiger partial charge is 0.304 e. The molecule has 0 saturated carbocycles. The highest BCUT2D eigenvalue weighted by Gasteiger charge is 2.25. The van der Waals surface area contributed by atoms with Crippen LogP contribution in [-0.2, 0) is 0 Å². The number of amides is 1. The Bertz CT molecular complexity index is 521. The van der Waals surface area contributed by atoms with E-state index >= 15 is 0 Å². The summed E-state index contributed by atoms with van der Waals surface area (Å²) in [6.07, 6.45) is 0. The van der Waals surface area contributed by atoms with Crippen molar-refractivity contribution in [1.82, 2.24) is 5.32 Å². The third-order valence-corrected chi connectivity index (χ3v) is 3.54. The molecule has 1 unspecified atom stereocenters. The molecule has 3 N–H and O–H groups in total. The highest BCUT2D eigenvalue weighted by molar-refractivity contribution is 6.00. The number of para-hydroxylation sites is 1. The Hall–Kier alpha value is -2.11. The first-order valence-electron chi connectivity index (χ1n) is 6.45. The molecule has 0 heterocycles. The average molecular weight is 279 g/mol. The third-order valence-electron chi connectivity index (χ3n) is 3.54. The van der Waals surface area contributed by atoms with Crippen LogP contribution >= 0.6 is 0 Å². The van der Waals surface area contributed by atoms with Crippen molar-refractivity contribution in [1.29, 1.82) is 0 Å². The van der Waals surface area contributed by atoms with Gasteiger partial charge in [-0.3, -0.25) is 14.9 Å². The number of hydrogen-bond acceptors (Lipinski definition) is 4. The topological polar surface area (TPSA) is 98.3 Å². The van der Waals surface area contributed by atoms with Crippen molar-refractivity contribution in [3.8, 4) is 0 Å². The standard InChI is InChI=1S/C14H21N3O3/c1-9(14(2,3)4)8-16-13(18)10-6-5-7-11(15)12(10)17(19)20/h5-7,9H,8,15H2,1-4H3,(H,16,18). The molecular weight excluding hydrogens is 258 g/mol. The van der Waals surface area contributed by atoms with Gasteiger partial charge in [-0.15, -0.1) is 0 Å². The van der Waals surface area contributed by atoms with Gasteiger partial charge in [0.2, 0.25) is 0 Å². The van der Waals surface area contributed by atoms with Crippen molar-refractivity contribution < 1.29 is 9.72 Å². The van der Waals surface area contributed by atoms with Crippen LogP contribution in [-0.4, -0.2) is 17.4 Å². The Kier molecular flexibility index (Phi) is 4.70. The monoisotopic (exact) mass is 279 g/mol. The molecule has 0 aliphatic carbocycles. The van der Waals surface area contributed by atoms with E-state index in [1.165, 1.54) is 18.2 Å². The maximum absolute atomic E-state index is 12.1. The number of nitrogens with two attached hydrogens (primary N) is 1. The first kappa shape index (κ1) is 15.9. The zero-order chi connectivity index (χ0) is 15.5. The predicted octanol–water partition coefficient (Wildman–Crippen LogP) is 2.59. The molecule has 1 rings (SSSR count). The van der Waals surface area contributed by atoms with Crippen LogP contribution in [0.3, 0.4) is 0 Å². The maximum atomic E-state index is 12.1. The van der Waals surface area contributed by atoms with Gasteiger partial charge in [0, 0.05) is 6.54 Å². The van der Waals surface area contributed by atoms with Gasteiger partial charge in [-0.1, -0.05) is 33.8 Å². The molecule has 0 fully saturated rings. The molecule has 0 radical (unpaired) electrons. The Morgan fingerprint density at radius 3 is 2.55 bits per heavy atom. The lowest BCUT2D eigenvalue weighted by Crippen LogP contribution is -2.34. The van der Waals surface area contributed by atoms with E-state index in [2.05, 4.69) is 26.1 Å². The van der Waals surface area contributed by atoms with Crippen LogP contribution in [0.5, 0.6) is 0 Å². The van der Waals surface area contributed by atoms with Gasteiger partial charge >= 0.3 is 5.69 Å². The van der Waals surface area contributed by atoms with Crippen molar-refractivity contribution in [2.45, 2.75) is 27.7 Å². The lowest BCUT2D eigenvalue weighted by Gasteiger charge is -2.27. The summed E-state index contributed by atoms with van der Waals surface area (Å²) in [6, 6.07) is 4.35. The molecular formula is C14H21N3O3. The number of nitrogen functional groups attached to an aromatic ring is 1. The molecule has 0 aliphatic heterocycles. The summed E-state index contributed by atoms with van der Waals surface area (Å²) in [5.74, 6) is -0.230. The molecule has 1 amide bonds. The number of anilines is 1. The third kappa shape index (κ3) is 3.69. The number of hydrogen-bond donors (Lipinski definition) is 2. The summed E-state index contributed by atoms with van der Waals surface area (Å²) >= 11 is 0. The molecule has 1 aromatic carbocycles. The predicted molar refractivity (Wildman–Crippen MR) is 78.5 cm³/mol. The Labute approximate surface area is 118 Å². The second-order valence-corrected chi connectivity index (χ2v) is 5.98. The molecule has 1 aromatic rings. The lowest BCUT2D eigenvalue weighted by atomic mass is 9.82. The zero-order valence-corrected chi connectivity index (χ0v) is 12.3. The summed E-state index contributed by atoms with van der Waals surface area (Å²) in [4.78, 5) is 22.4. The van der Waals surface area contributed by atoms with E-state index in [-0.39, 0.29) is 28.3 Å². The SMILES string of the molecule is CC(CNC(=O)c1cccc(N)c1[N+](=O)[O-])C(C)(C)C. The van der Waals surface area contributed by atoms with E-state index in [1.807, 2.05) is 6.92 Å². The normalized spacial score (nSPS) is 12.8.